The highest BCUT2D eigenvalue weighted by atomic mass is 32.1. The molecule has 22 heavy (non-hydrogen) atoms. The van der Waals surface area contributed by atoms with Crippen LogP contribution >= 0.6 is 11.3 Å². The van der Waals surface area contributed by atoms with Crippen LogP contribution in [0.25, 0.3) is 10.2 Å². The average molecular weight is 315 g/mol. The molecule has 2 aromatic carbocycles. The Hall–Kier alpha value is -2.60. The molecule has 0 atom stereocenters. The number of thiazole rings is 1. The summed E-state index contributed by atoms with van der Waals surface area (Å²) in [6.45, 7) is 0.0422. The molecule has 3 rings (SSSR count). The molecule has 0 fully saturated rings. The molecule has 3 aromatic rings. The smallest absolute Gasteiger partial charge is 0.341 e. The quantitative estimate of drug-likeness (QED) is 0.755. The Morgan fingerprint density at radius 3 is 2.41 bits per heavy atom. The number of ether oxygens (including phenoxy) is 2. The second-order valence-corrected chi connectivity index (χ2v) is 5.63. The molecule has 0 spiro atoms. The normalized spacial score (nSPS) is 10.5. The van der Waals surface area contributed by atoms with Crippen LogP contribution in [0.5, 0.6) is 11.5 Å². The van der Waals surface area contributed by atoms with Crippen molar-refractivity contribution in [1.82, 2.24) is 4.98 Å². The van der Waals surface area contributed by atoms with Crippen molar-refractivity contribution >= 4 is 27.5 Å². The zero-order chi connectivity index (χ0) is 15.4. The van der Waals surface area contributed by atoms with Crippen molar-refractivity contribution in [2.45, 2.75) is 6.61 Å². The molecule has 0 aliphatic heterocycles. The van der Waals surface area contributed by atoms with Crippen molar-refractivity contribution in [2.75, 3.05) is 6.61 Å². The molecule has 0 radical (unpaired) electrons. The standard InChI is InChI=1S/C16H13NO4S/c18-16(19)10-21-12-7-5-11(6-8-12)20-9-15-17-13-3-1-2-4-14(13)22-15/h1-8H,9-10H2,(H,18,19). The SMILES string of the molecule is O=C(O)COc1ccc(OCc2nc3ccccc3s2)cc1. The number of hydrogen-bond acceptors (Lipinski definition) is 5. The van der Waals surface area contributed by atoms with Gasteiger partial charge in [0.2, 0.25) is 0 Å². The second kappa shape index (κ2) is 6.44. The van der Waals surface area contributed by atoms with Gasteiger partial charge in [-0.25, -0.2) is 9.78 Å². The van der Waals surface area contributed by atoms with Gasteiger partial charge in [-0.2, -0.15) is 0 Å². The van der Waals surface area contributed by atoms with E-state index in [0.29, 0.717) is 18.1 Å². The largest absolute Gasteiger partial charge is 0.486 e. The lowest BCUT2D eigenvalue weighted by Crippen LogP contribution is -2.09. The molecule has 0 aliphatic carbocycles. The average Bonchev–Trinajstić information content (AvgIpc) is 2.95. The summed E-state index contributed by atoms with van der Waals surface area (Å²) in [6, 6.07) is 14.8. The number of aromatic nitrogens is 1. The number of para-hydroxylation sites is 1. The van der Waals surface area contributed by atoms with E-state index in [1.807, 2.05) is 24.3 Å². The molecule has 112 valence electrons. The molecule has 1 heterocycles. The Balaban J connectivity index is 1.60. The molecule has 6 heteroatoms. The van der Waals surface area contributed by atoms with Gasteiger partial charge in [0.05, 0.1) is 10.2 Å². The maximum absolute atomic E-state index is 10.4. The van der Waals surface area contributed by atoms with E-state index < -0.39 is 5.97 Å². The Bertz CT molecular complexity index is 749. The van der Waals surface area contributed by atoms with Crippen LogP contribution in [0.2, 0.25) is 0 Å². The fraction of sp³-hybridized carbons (Fsp3) is 0.125. The number of nitrogens with zero attached hydrogens (tertiary/aromatic N) is 1. The van der Waals surface area contributed by atoms with Crippen LogP contribution in [0.4, 0.5) is 0 Å². The number of benzene rings is 2. The van der Waals surface area contributed by atoms with Gasteiger partial charge in [-0.05, 0) is 36.4 Å². The highest BCUT2D eigenvalue weighted by Crippen LogP contribution is 2.23. The van der Waals surface area contributed by atoms with Crippen molar-refractivity contribution in [3.8, 4) is 11.5 Å². The lowest BCUT2D eigenvalue weighted by Gasteiger charge is -2.06. The maximum Gasteiger partial charge on any atom is 0.341 e. The third-order valence-electron chi connectivity index (χ3n) is 2.89. The predicted molar refractivity (Wildman–Crippen MR) is 83.5 cm³/mol. The first-order valence-corrected chi connectivity index (χ1v) is 7.44. The minimum absolute atomic E-state index is 0.355. The Morgan fingerprint density at radius 1 is 1.05 bits per heavy atom. The van der Waals surface area contributed by atoms with Crippen molar-refractivity contribution in [1.29, 1.82) is 0 Å². The summed E-state index contributed by atoms with van der Waals surface area (Å²) < 4.78 is 11.9. The van der Waals surface area contributed by atoms with Crippen LogP contribution in [0, 0.1) is 0 Å². The van der Waals surface area contributed by atoms with Gasteiger partial charge in [-0.15, -0.1) is 11.3 Å². The zero-order valence-corrected chi connectivity index (χ0v) is 12.4. The van der Waals surface area contributed by atoms with Gasteiger partial charge in [0, 0.05) is 0 Å². The Labute approximate surface area is 130 Å². The third kappa shape index (κ3) is 3.53. The van der Waals surface area contributed by atoms with Gasteiger partial charge in [-0.3, -0.25) is 0 Å². The highest BCUT2D eigenvalue weighted by molar-refractivity contribution is 7.18. The number of rotatable bonds is 6. The van der Waals surface area contributed by atoms with Crippen molar-refractivity contribution in [3.05, 3.63) is 53.5 Å². The topological polar surface area (TPSA) is 68.7 Å². The summed E-state index contributed by atoms with van der Waals surface area (Å²) in [7, 11) is 0. The maximum atomic E-state index is 10.4. The molecule has 1 aromatic heterocycles. The van der Waals surface area contributed by atoms with Gasteiger partial charge in [0.1, 0.15) is 23.1 Å². The summed E-state index contributed by atoms with van der Waals surface area (Å²) in [5.41, 5.74) is 0.975. The minimum atomic E-state index is -1.00. The van der Waals surface area contributed by atoms with Crippen molar-refractivity contribution < 1.29 is 19.4 Å². The third-order valence-corrected chi connectivity index (χ3v) is 3.90. The molecule has 0 aliphatic rings. The van der Waals surface area contributed by atoms with Crippen molar-refractivity contribution in [3.63, 3.8) is 0 Å². The zero-order valence-electron chi connectivity index (χ0n) is 11.6. The van der Waals surface area contributed by atoms with Crippen LogP contribution in [-0.4, -0.2) is 22.7 Å². The van der Waals surface area contributed by atoms with E-state index in [2.05, 4.69) is 4.98 Å². The number of fused-ring (bicyclic) bond motifs is 1. The summed E-state index contributed by atoms with van der Waals surface area (Å²) in [5, 5.41) is 9.45. The summed E-state index contributed by atoms with van der Waals surface area (Å²) in [6.07, 6.45) is 0. The molecule has 0 unspecified atom stereocenters. The van der Waals surface area contributed by atoms with E-state index >= 15 is 0 Å². The first-order chi connectivity index (χ1) is 10.7. The van der Waals surface area contributed by atoms with Gasteiger partial charge in [0.25, 0.3) is 0 Å². The lowest BCUT2D eigenvalue weighted by molar-refractivity contribution is -0.139. The number of aliphatic carboxylic acids is 1. The van der Waals surface area contributed by atoms with Gasteiger partial charge < -0.3 is 14.6 Å². The number of hydrogen-bond donors (Lipinski definition) is 1. The first kappa shape index (κ1) is 14.3. The number of carboxylic acids is 1. The summed E-state index contributed by atoms with van der Waals surface area (Å²) in [5.74, 6) is 0.174. The van der Waals surface area contributed by atoms with Crippen molar-refractivity contribution in [2.24, 2.45) is 0 Å². The summed E-state index contributed by atoms with van der Waals surface area (Å²) in [4.78, 5) is 14.9. The van der Waals surface area contributed by atoms with E-state index in [4.69, 9.17) is 14.6 Å². The van der Waals surface area contributed by atoms with E-state index in [-0.39, 0.29) is 6.61 Å². The second-order valence-electron chi connectivity index (χ2n) is 4.52. The van der Waals surface area contributed by atoms with E-state index in [9.17, 15) is 4.79 Å². The molecule has 0 saturated carbocycles. The number of carbonyl (C=O) groups is 1. The molecule has 1 N–H and O–H groups in total. The molecule has 0 saturated heterocycles. The van der Waals surface area contributed by atoms with Crippen LogP contribution in [-0.2, 0) is 11.4 Å². The van der Waals surface area contributed by atoms with E-state index in [1.165, 1.54) is 0 Å². The molecular weight excluding hydrogens is 302 g/mol. The Morgan fingerprint density at radius 2 is 1.73 bits per heavy atom. The van der Waals surface area contributed by atoms with E-state index in [1.54, 1.807) is 35.6 Å². The van der Waals surface area contributed by atoms with Crippen LogP contribution < -0.4 is 9.47 Å². The minimum Gasteiger partial charge on any atom is -0.486 e. The highest BCUT2D eigenvalue weighted by Gasteiger charge is 2.04. The van der Waals surface area contributed by atoms with Crippen LogP contribution in [0.15, 0.2) is 48.5 Å². The lowest BCUT2D eigenvalue weighted by atomic mass is 10.3. The van der Waals surface area contributed by atoms with Crippen LogP contribution in [0.3, 0.4) is 0 Å². The fourth-order valence-corrected chi connectivity index (χ4v) is 2.78. The number of carboxylic acid groups (broad SMARTS) is 1. The van der Waals surface area contributed by atoms with Gasteiger partial charge >= 0.3 is 5.97 Å². The summed E-state index contributed by atoms with van der Waals surface area (Å²) >= 11 is 1.60. The Kier molecular flexibility index (Phi) is 4.20. The van der Waals surface area contributed by atoms with Crippen LogP contribution in [0.1, 0.15) is 5.01 Å². The molecule has 5 nitrogen and oxygen atoms in total. The first-order valence-electron chi connectivity index (χ1n) is 6.62. The predicted octanol–water partition coefficient (Wildman–Crippen LogP) is 3.34. The molecule has 0 bridgehead atoms. The molecular formula is C16H13NO4S. The fourth-order valence-electron chi connectivity index (χ4n) is 1.90. The molecule has 0 amide bonds. The monoisotopic (exact) mass is 315 g/mol. The van der Waals surface area contributed by atoms with Gasteiger partial charge in [0.15, 0.2) is 6.61 Å². The van der Waals surface area contributed by atoms with E-state index in [0.717, 1.165) is 15.2 Å². The van der Waals surface area contributed by atoms with Gasteiger partial charge in [-0.1, -0.05) is 12.1 Å².